The van der Waals surface area contributed by atoms with Crippen LogP contribution in [0.3, 0.4) is 0 Å². The van der Waals surface area contributed by atoms with E-state index in [4.69, 9.17) is 11.6 Å². The molecule has 0 radical (unpaired) electrons. The summed E-state index contributed by atoms with van der Waals surface area (Å²) in [5, 5.41) is 15.1. The first kappa shape index (κ1) is 14.3. The lowest BCUT2D eigenvalue weighted by Crippen LogP contribution is -2.17. The standard InChI is InChI=1S/C12H14ClN5O2/c1-3-17-8-9(5-15-17)7-16(2)12-11(13)4-10(6-14-12)18(19)20/h4-6,8H,3,7H2,1-2H3. The molecule has 7 nitrogen and oxygen atoms in total. The van der Waals surface area contributed by atoms with Crippen molar-refractivity contribution in [2.45, 2.75) is 20.0 Å². The Labute approximate surface area is 120 Å². The van der Waals surface area contributed by atoms with Crippen molar-refractivity contribution in [3.8, 4) is 0 Å². The maximum absolute atomic E-state index is 10.6. The number of nitrogens with zero attached hydrogens (tertiary/aromatic N) is 5. The number of rotatable bonds is 5. The lowest BCUT2D eigenvalue weighted by atomic mass is 10.3. The lowest BCUT2D eigenvalue weighted by molar-refractivity contribution is -0.385. The lowest BCUT2D eigenvalue weighted by Gasteiger charge is -2.18. The molecule has 8 heteroatoms. The summed E-state index contributed by atoms with van der Waals surface area (Å²) in [6.07, 6.45) is 4.92. The summed E-state index contributed by atoms with van der Waals surface area (Å²) in [5.41, 5.74) is 0.900. The van der Waals surface area contributed by atoms with Gasteiger partial charge in [-0.05, 0) is 6.92 Å². The Morgan fingerprint density at radius 1 is 1.50 bits per heavy atom. The Morgan fingerprint density at radius 3 is 2.80 bits per heavy atom. The number of pyridine rings is 1. The summed E-state index contributed by atoms with van der Waals surface area (Å²) >= 11 is 6.04. The number of aryl methyl sites for hydroxylation is 1. The van der Waals surface area contributed by atoms with Gasteiger partial charge in [-0.2, -0.15) is 5.10 Å². The van der Waals surface area contributed by atoms with E-state index in [2.05, 4.69) is 10.1 Å². The second-order valence-corrected chi connectivity index (χ2v) is 4.72. The van der Waals surface area contributed by atoms with Crippen LogP contribution in [0.2, 0.25) is 5.02 Å². The van der Waals surface area contributed by atoms with E-state index in [1.165, 1.54) is 12.3 Å². The molecule has 0 saturated heterocycles. The third-order valence-corrected chi connectivity index (χ3v) is 3.09. The van der Waals surface area contributed by atoms with Crippen molar-refractivity contribution in [3.05, 3.63) is 45.4 Å². The van der Waals surface area contributed by atoms with Gasteiger partial charge in [0.15, 0.2) is 0 Å². The summed E-state index contributed by atoms with van der Waals surface area (Å²) in [4.78, 5) is 16.0. The first-order valence-electron chi connectivity index (χ1n) is 6.03. The SMILES string of the molecule is CCn1cc(CN(C)c2ncc([N+](=O)[O-])cc2Cl)cn1. The molecule has 0 atom stereocenters. The van der Waals surface area contributed by atoms with Gasteiger partial charge in [0.25, 0.3) is 5.69 Å². The molecule has 0 N–H and O–H groups in total. The van der Waals surface area contributed by atoms with E-state index in [0.29, 0.717) is 12.4 Å². The van der Waals surface area contributed by atoms with Crippen LogP contribution in [0.25, 0.3) is 0 Å². The number of halogens is 1. The fraction of sp³-hybridized carbons (Fsp3) is 0.333. The zero-order chi connectivity index (χ0) is 14.7. The van der Waals surface area contributed by atoms with Crippen LogP contribution in [0.4, 0.5) is 11.5 Å². The van der Waals surface area contributed by atoms with E-state index >= 15 is 0 Å². The fourth-order valence-electron chi connectivity index (χ4n) is 1.81. The second kappa shape index (κ2) is 5.87. The van der Waals surface area contributed by atoms with Gasteiger partial charge in [0.1, 0.15) is 12.0 Å². The number of aromatic nitrogens is 3. The highest BCUT2D eigenvalue weighted by molar-refractivity contribution is 6.33. The van der Waals surface area contributed by atoms with E-state index in [1.54, 1.807) is 6.20 Å². The zero-order valence-corrected chi connectivity index (χ0v) is 11.9. The molecule has 0 amide bonds. The topological polar surface area (TPSA) is 77.1 Å². The second-order valence-electron chi connectivity index (χ2n) is 4.32. The molecule has 0 aliphatic rings. The summed E-state index contributed by atoms with van der Waals surface area (Å²) in [7, 11) is 1.82. The minimum absolute atomic E-state index is 0.119. The Balaban J connectivity index is 2.16. The van der Waals surface area contributed by atoms with Crippen LogP contribution in [0.1, 0.15) is 12.5 Å². The van der Waals surface area contributed by atoms with Crippen molar-refractivity contribution >= 4 is 23.1 Å². The van der Waals surface area contributed by atoms with Crippen molar-refractivity contribution in [1.82, 2.24) is 14.8 Å². The molecule has 2 rings (SSSR count). The molecule has 2 aromatic heterocycles. The molecule has 0 aliphatic heterocycles. The Morgan fingerprint density at radius 2 is 2.25 bits per heavy atom. The van der Waals surface area contributed by atoms with Crippen LogP contribution in [-0.2, 0) is 13.1 Å². The average molecular weight is 296 g/mol. The van der Waals surface area contributed by atoms with Gasteiger partial charge in [-0.1, -0.05) is 11.6 Å². The summed E-state index contributed by atoms with van der Waals surface area (Å²) in [6.45, 7) is 3.39. The van der Waals surface area contributed by atoms with E-state index < -0.39 is 4.92 Å². The van der Waals surface area contributed by atoms with E-state index in [0.717, 1.165) is 12.1 Å². The highest BCUT2D eigenvalue weighted by Crippen LogP contribution is 2.27. The molecule has 0 fully saturated rings. The highest BCUT2D eigenvalue weighted by atomic mass is 35.5. The number of hydrogen-bond acceptors (Lipinski definition) is 5. The van der Waals surface area contributed by atoms with Gasteiger partial charge in [-0.25, -0.2) is 4.98 Å². The number of anilines is 1. The maximum Gasteiger partial charge on any atom is 0.289 e. The van der Waals surface area contributed by atoms with Crippen LogP contribution in [0, 0.1) is 10.1 Å². The smallest absolute Gasteiger partial charge is 0.289 e. The molecular weight excluding hydrogens is 282 g/mol. The van der Waals surface area contributed by atoms with E-state index in [1.807, 2.05) is 29.7 Å². The van der Waals surface area contributed by atoms with Crippen molar-refractivity contribution in [2.24, 2.45) is 0 Å². The van der Waals surface area contributed by atoms with Gasteiger partial charge >= 0.3 is 0 Å². The largest absolute Gasteiger partial charge is 0.354 e. The molecule has 106 valence electrons. The van der Waals surface area contributed by atoms with Crippen LogP contribution in [0.15, 0.2) is 24.7 Å². The van der Waals surface area contributed by atoms with Crippen molar-refractivity contribution in [2.75, 3.05) is 11.9 Å². The quantitative estimate of drug-likeness (QED) is 0.625. The number of hydrogen-bond donors (Lipinski definition) is 0. The van der Waals surface area contributed by atoms with Crippen molar-refractivity contribution < 1.29 is 4.92 Å². The molecular formula is C12H14ClN5O2. The van der Waals surface area contributed by atoms with Crippen LogP contribution in [-0.4, -0.2) is 26.7 Å². The molecule has 2 heterocycles. The number of nitro groups is 1. The molecule has 0 aromatic carbocycles. The Hall–Kier alpha value is -2.15. The van der Waals surface area contributed by atoms with Gasteiger partial charge in [-0.3, -0.25) is 14.8 Å². The fourth-order valence-corrected chi connectivity index (χ4v) is 2.12. The van der Waals surface area contributed by atoms with Crippen LogP contribution < -0.4 is 4.90 Å². The Bertz CT molecular complexity index is 628. The molecule has 0 saturated carbocycles. The third-order valence-electron chi connectivity index (χ3n) is 2.81. The molecule has 0 aliphatic carbocycles. The van der Waals surface area contributed by atoms with Gasteiger partial charge in [0.2, 0.25) is 0 Å². The van der Waals surface area contributed by atoms with Gasteiger partial charge in [0.05, 0.1) is 16.1 Å². The third kappa shape index (κ3) is 3.05. The summed E-state index contributed by atoms with van der Waals surface area (Å²) < 4.78 is 1.83. The molecule has 0 unspecified atom stereocenters. The molecule has 0 bridgehead atoms. The predicted molar refractivity (Wildman–Crippen MR) is 75.9 cm³/mol. The maximum atomic E-state index is 10.6. The van der Waals surface area contributed by atoms with Crippen molar-refractivity contribution in [1.29, 1.82) is 0 Å². The minimum Gasteiger partial charge on any atom is -0.354 e. The van der Waals surface area contributed by atoms with Crippen LogP contribution >= 0.6 is 11.6 Å². The monoisotopic (exact) mass is 295 g/mol. The summed E-state index contributed by atoms with van der Waals surface area (Å²) in [6, 6.07) is 1.30. The minimum atomic E-state index is -0.520. The van der Waals surface area contributed by atoms with Crippen molar-refractivity contribution in [3.63, 3.8) is 0 Å². The molecule has 2 aromatic rings. The van der Waals surface area contributed by atoms with Crippen LogP contribution in [0.5, 0.6) is 0 Å². The Kier molecular flexibility index (Phi) is 4.19. The predicted octanol–water partition coefficient (Wildman–Crippen LogP) is 2.50. The van der Waals surface area contributed by atoms with Gasteiger partial charge < -0.3 is 4.90 Å². The van der Waals surface area contributed by atoms with E-state index in [-0.39, 0.29) is 10.7 Å². The normalized spacial score (nSPS) is 10.6. The van der Waals surface area contributed by atoms with Gasteiger partial charge in [0, 0.05) is 38.0 Å². The zero-order valence-electron chi connectivity index (χ0n) is 11.2. The van der Waals surface area contributed by atoms with E-state index in [9.17, 15) is 10.1 Å². The first-order valence-corrected chi connectivity index (χ1v) is 6.41. The molecule has 20 heavy (non-hydrogen) atoms. The average Bonchev–Trinajstić information content (AvgIpc) is 2.85. The molecule has 0 spiro atoms. The summed E-state index contributed by atoms with van der Waals surface area (Å²) in [5.74, 6) is 0.501. The highest BCUT2D eigenvalue weighted by Gasteiger charge is 2.14. The van der Waals surface area contributed by atoms with Gasteiger partial charge in [-0.15, -0.1) is 0 Å². The first-order chi connectivity index (χ1) is 9.51.